The Morgan fingerprint density at radius 3 is 2.81 bits per heavy atom. The molecule has 27 heavy (non-hydrogen) atoms. The maximum Gasteiger partial charge on any atom is 0.271 e. The van der Waals surface area contributed by atoms with Crippen molar-refractivity contribution in [2.75, 3.05) is 45.9 Å². The lowest BCUT2D eigenvalue weighted by atomic mass is 9.92. The zero-order chi connectivity index (χ0) is 19.1. The SMILES string of the molecule is CCC(CC)C(CNC(=O)c1ccn(C2CCCNC2)n1)N1CCOCC1. The molecule has 2 unspecified atom stereocenters. The molecule has 2 fully saturated rings. The maximum atomic E-state index is 12.7. The van der Waals surface area contributed by atoms with Crippen LogP contribution >= 0.6 is 0 Å². The zero-order valence-corrected chi connectivity index (χ0v) is 16.8. The van der Waals surface area contributed by atoms with E-state index in [0.29, 0.717) is 30.2 Å². The van der Waals surface area contributed by atoms with E-state index in [1.54, 1.807) is 0 Å². The molecule has 0 aliphatic carbocycles. The van der Waals surface area contributed by atoms with Crippen molar-refractivity contribution >= 4 is 5.91 Å². The van der Waals surface area contributed by atoms with Crippen molar-refractivity contribution < 1.29 is 9.53 Å². The molecule has 1 aromatic rings. The molecule has 7 heteroatoms. The Bertz CT molecular complexity index is 575. The van der Waals surface area contributed by atoms with Crippen molar-refractivity contribution in [1.29, 1.82) is 0 Å². The van der Waals surface area contributed by atoms with Gasteiger partial charge < -0.3 is 15.4 Å². The molecule has 2 aliphatic heterocycles. The van der Waals surface area contributed by atoms with Crippen molar-refractivity contribution in [3.63, 3.8) is 0 Å². The van der Waals surface area contributed by atoms with Crippen LogP contribution in [0.25, 0.3) is 0 Å². The number of rotatable bonds is 8. The highest BCUT2D eigenvalue weighted by Gasteiger charge is 2.27. The predicted octanol–water partition coefficient (Wildman–Crippen LogP) is 1.67. The first-order valence-corrected chi connectivity index (χ1v) is 10.6. The Kier molecular flexibility index (Phi) is 7.67. The van der Waals surface area contributed by atoms with Gasteiger partial charge in [-0.2, -0.15) is 5.10 Å². The lowest BCUT2D eigenvalue weighted by molar-refractivity contribution is 0.00190. The number of nitrogens with zero attached hydrogens (tertiary/aromatic N) is 3. The van der Waals surface area contributed by atoms with E-state index in [2.05, 4.69) is 34.5 Å². The van der Waals surface area contributed by atoms with Gasteiger partial charge in [0.2, 0.25) is 0 Å². The van der Waals surface area contributed by atoms with Gasteiger partial charge in [-0.25, -0.2) is 0 Å². The number of morpholine rings is 1. The number of ether oxygens (including phenoxy) is 1. The van der Waals surface area contributed by atoms with E-state index in [9.17, 15) is 4.79 Å². The van der Waals surface area contributed by atoms with Crippen molar-refractivity contribution in [1.82, 2.24) is 25.3 Å². The second kappa shape index (κ2) is 10.2. The fourth-order valence-electron chi connectivity index (χ4n) is 4.35. The highest BCUT2D eigenvalue weighted by atomic mass is 16.5. The van der Waals surface area contributed by atoms with Crippen LogP contribution in [0.5, 0.6) is 0 Å². The standard InChI is InChI=1S/C20H35N5O2/c1-3-16(4-2)19(24-10-12-27-13-11-24)15-22-20(26)18-7-9-25(23-18)17-6-5-8-21-14-17/h7,9,16-17,19,21H,3-6,8,10-15H2,1-2H3,(H,22,26). The molecule has 2 saturated heterocycles. The van der Waals surface area contributed by atoms with Gasteiger partial charge in [0.1, 0.15) is 5.69 Å². The summed E-state index contributed by atoms with van der Waals surface area (Å²) in [6.07, 6.45) is 6.45. The number of carbonyl (C=O) groups excluding carboxylic acids is 1. The summed E-state index contributed by atoms with van der Waals surface area (Å²) in [5.74, 6) is 0.510. The molecule has 0 radical (unpaired) electrons. The van der Waals surface area contributed by atoms with Gasteiger partial charge in [-0.1, -0.05) is 26.7 Å². The minimum absolute atomic E-state index is 0.0678. The Morgan fingerprint density at radius 2 is 2.15 bits per heavy atom. The largest absolute Gasteiger partial charge is 0.379 e. The fraction of sp³-hybridized carbons (Fsp3) is 0.800. The molecule has 1 aromatic heterocycles. The Balaban J connectivity index is 1.58. The summed E-state index contributed by atoms with van der Waals surface area (Å²) in [4.78, 5) is 15.2. The van der Waals surface area contributed by atoms with E-state index in [-0.39, 0.29) is 5.91 Å². The molecular formula is C20H35N5O2. The Hall–Kier alpha value is -1.44. The first kappa shape index (κ1) is 20.3. The van der Waals surface area contributed by atoms with Gasteiger partial charge in [-0.15, -0.1) is 0 Å². The maximum absolute atomic E-state index is 12.7. The molecule has 0 spiro atoms. The van der Waals surface area contributed by atoms with Gasteiger partial charge >= 0.3 is 0 Å². The number of carbonyl (C=O) groups is 1. The summed E-state index contributed by atoms with van der Waals surface area (Å²) in [6, 6.07) is 2.55. The summed E-state index contributed by atoms with van der Waals surface area (Å²) in [5.41, 5.74) is 0.519. The summed E-state index contributed by atoms with van der Waals surface area (Å²) < 4.78 is 7.45. The first-order valence-electron chi connectivity index (χ1n) is 10.6. The molecule has 2 aliphatic rings. The van der Waals surface area contributed by atoms with Gasteiger partial charge in [-0.3, -0.25) is 14.4 Å². The second-order valence-corrected chi connectivity index (χ2v) is 7.68. The predicted molar refractivity (Wildman–Crippen MR) is 106 cm³/mol. The van der Waals surface area contributed by atoms with Crippen LogP contribution in [0, 0.1) is 5.92 Å². The Morgan fingerprint density at radius 1 is 1.37 bits per heavy atom. The number of piperidine rings is 1. The van der Waals surface area contributed by atoms with Crippen molar-refractivity contribution in [2.24, 2.45) is 5.92 Å². The smallest absolute Gasteiger partial charge is 0.271 e. The second-order valence-electron chi connectivity index (χ2n) is 7.68. The molecule has 3 heterocycles. The molecular weight excluding hydrogens is 342 g/mol. The van der Waals surface area contributed by atoms with Gasteiger partial charge in [0, 0.05) is 38.4 Å². The molecule has 0 saturated carbocycles. The van der Waals surface area contributed by atoms with Crippen molar-refractivity contribution in [3.8, 4) is 0 Å². The third kappa shape index (κ3) is 5.30. The lowest BCUT2D eigenvalue weighted by Crippen LogP contribution is -2.52. The number of hydrogen-bond acceptors (Lipinski definition) is 5. The fourth-order valence-corrected chi connectivity index (χ4v) is 4.35. The molecule has 1 amide bonds. The summed E-state index contributed by atoms with van der Waals surface area (Å²) in [7, 11) is 0. The van der Waals surface area contributed by atoms with Crippen LogP contribution in [-0.2, 0) is 4.74 Å². The van der Waals surface area contributed by atoms with E-state index >= 15 is 0 Å². The van der Waals surface area contributed by atoms with Crippen LogP contribution in [0.3, 0.4) is 0 Å². The van der Waals surface area contributed by atoms with Crippen LogP contribution in [-0.4, -0.2) is 72.6 Å². The summed E-state index contributed by atoms with van der Waals surface area (Å²) in [6.45, 7) is 10.6. The average molecular weight is 378 g/mol. The average Bonchev–Trinajstić information content (AvgIpc) is 3.22. The molecule has 2 atom stereocenters. The van der Waals surface area contributed by atoms with Crippen LogP contribution in [0.2, 0.25) is 0 Å². The quantitative estimate of drug-likeness (QED) is 0.721. The normalized spacial score (nSPS) is 22.7. The van der Waals surface area contributed by atoms with Crippen LogP contribution in [0.15, 0.2) is 12.3 Å². The topological polar surface area (TPSA) is 71.4 Å². The minimum atomic E-state index is -0.0678. The van der Waals surface area contributed by atoms with Crippen molar-refractivity contribution in [2.45, 2.75) is 51.6 Å². The van der Waals surface area contributed by atoms with Gasteiger partial charge in [0.25, 0.3) is 5.91 Å². The molecule has 2 N–H and O–H groups in total. The highest BCUT2D eigenvalue weighted by molar-refractivity contribution is 5.92. The monoisotopic (exact) mass is 377 g/mol. The first-order chi connectivity index (χ1) is 13.2. The molecule has 0 bridgehead atoms. The highest BCUT2D eigenvalue weighted by Crippen LogP contribution is 2.20. The number of nitrogens with one attached hydrogen (secondary N) is 2. The van der Waals surface area contributed by atoms with Crippen molar-refractivity contribution in [3.05, 3.63) is 18.0 Å². The van der Waals surface area contributed by atoms with E-state index in [1.807, 2.05) is 16.9 Å². The van der Waals surface area contributed by atoms with Crippen LogP contribution < -0.4 is 10.6 Å². The molecule has 0 aromatic carbocycles. The zero-order valence-electron chi connectivity index (χ0n) is 16.8. The number of amides is 1. The minimum Gasteiger partial charge on any atom is -0.379 e. The third-order valence-corrected chi connectivity index (χ3v) is 6.07. The molecule has 3 rings (SSSR count). The van der Waals surface area contributed by atoms with E-state index in [4.69, 9.17) is 4.74 Å². The molecule has 7 nitrogen and oxygen atoms in total. The van der Waals surface area contributed by atoms with Gasteiger partial charge in [0.05, 0.1) is 19.3 Å². The van der Waals surface area contributed by atoms with Gasteiger partial charge in [-0.05, 0) is 31.4 Å². The Labute approximate surface area is 162 Å². The van der Waals surface area contributed by atoms with Crippen LogP contribution in [0.1, 0.15) is 56.1 Å². The summed E-state index contributed by atoms with van der Waals surface area (Å²) in [5, 5.41) is 11.1. The lowest BCUT2D eigenvalue weighted by Gasteiger charge is -2.38. The van der Waals surface area contributed by atoms with Crippen LogP contribution in [0.4, 0.5) is 0 Å². The summed E-state index contributed by atoms with van der Waals surface area (Å²) >= 11 is 0. The van der Waals surface area contributed by atoms with E-state index < -0.39 is 0 Å². The van der Waals surface area contributed by atoms with Gasteiger partial charge in [0.15, 0.2) is 0 Å². The third-order valence-electron chi connectivity index (χ3n) is 6.07. The van der Waals surface area contributed by atoms with E-state index in [0.717, 1.165) is 65.1 Å². The number of hydrogen-bond donors (Lipinski definition) is 2. The molecule has 152 valence electrons. The van der Waals surface area contributed by atoms with E-state index in [1.165, 1.54) is 0 Å². The number of aromatic nitrogens is 2.